The lowest BCUT2D eigenvalue weighted by Crippen LogP contribution is -2.52. The Bertz CT molecular complexity index is 1100. The molecule has 2 amide bonds. The van der Waals surface area contributed by atoms with Gasteiger partial charge < -0.3 is 10.6 Å². The molecule has 0 saturated carbocycles. The molecule has 0 aliphatic carbocycles. The summed E-state index contributed by atoms with van der Waals surface area (Å²) in [6, 6.07) is 15.4. The number of rotatable bonds is 5. The molecule has 1 saturated heterocycles. The Labute approximate surface area is 183 Å². The molecule has 3 N–H and O–H groups in total. The molecular formula is C22H21ClFN5O2. The number of carbonyl (C=O) groups is 2. The molecule has 1 aliphatic rings. The number of hydrogen-bond donors (Lipinski definition) is 3. The van der Waals surface area contributed by atoms with Gasteiger partial charge >= 0.3 is 0 Å². The van der Waals surface area contributed by atoms with Gasteiger partial charge in [-0.25, -0.2) is 9.07 Å². The minimum absolute atomic E-state index is 0.0658. The van der Waals surface area contributed by atoms with Crippen molar-refractivity contribution in [2.24, 2.45) is 0 Å². The summed E-state index contributed by atoms with van der Waals surface area (Å²) in [6.07, 6.45) is -0.532. The molecule has 1 fully saturated rings. The third-order valence-electron chi connectivity index (χ3n) is 4.95. The quantitative estimate of drug-likeness (QED) is 0.565. The van der Waals surface area contributed by atoms with Crippen molar-refractivity contribution in [2.45, 2.75) is 32.1 Å². The summed E-state index contributed by atoms with van der Waals surface area (Å²) in [7, 11) is 0. The van der Waals surface area contributed by atoms with E-state index in [1.54, 1.807) is 6.07 Å². The van der Waals surface area contributed by atoms with Crippen LogP contribution in [0.1, 0.15) is 25.2 Å². The molecule has 3 aromatic rings. The Morgan fingerprint density at radius 1 is 1.26 bits per heavy atom. The van der Waals surface area contributed by atoms with Crippen molar-refractivity contribution in [2.75, 3.05) is 5.32 Å². The Hall–Kier alpha value is -3.23. The van der Waals surface area contributed by atoms with Gasteiger partial charge in [-0.15, -0.1) is 0 Å². The maximum Gasteiger partial charge on any atom is 0.230 e. The predicted octanol–water partition coefficient (Wildman–Crippen LogP) is 3.48. The molecule has 0 spiro atoms. The number of halogens is 2. The highest BCUT2D eigenvalue weighted by Gasteiger charge is 2.27. The maximum absolute atomic E-state index is 14.1. The molecule has 31 heavy (non-hydrogen) atoms. The van der Waals surface area contributed by atoms with E-state index in [9.17, 15) is 14.0 Å². The summed E-state index contributed by atoms with van der Waals surface area (Å²) in [5, 5.41) is 13.6. The van der Waals surface area contributed by atoms with E-state index in [2.05, 4.69) is 21.0 Å². The zero-order valence-corrected chi connectivity index (χ0v) is 17.5. The van der Waals surface area contributed by atoms with Crippen LogP contribution >= 0.6 is 11.6 Å². The molecule has 2 aromatic carbocycles. The fourth-order valence-corrected chi connectivity index (χ4v) is 3.70. The summed E-state index contributed by atoms with van der Waals surface area (Å²) >= 11 is 6.05. The lowest BCUT2D eigenvalue weighted by atomic mass is 10.1. The third-order valence-corrected chi connectivity index (χ3v) is 5.30. The molecular weight excluding hydrogens is 421 g/mol. The van der Waals surface area contributed by atoms with E-state index in [-0.39, 0.29) is 29.0 Å². The van der Waals surface area contributed by atoms with E-state index >= 15 is 0 Å². The molecule has 2 unspecified atom stereocenters. The Morgan fingerprint density at radius 3 is 2.74 bits per heavy atom. The van der Waals surface area contributed by atoms with Gasteiger partial charge in [0.2, 0.25) is 11.8 Å². The van der Waals surface area contributed by atoms with Crippen LogP contribution in [0.2, 0.25) is 5.02 Å². The summed E-state index contributed by atoms with van der Waals surface area (Å²) in [5.74, 6) is -0.759. The van der Waals surface area contributed by atoms with Gasteiger partial charge in [-0.1, -0.05) is 48.0 Å². The summed E-state index contributed by atoms with van der Waals surface area (Å²) in [4.78, 5) is 24.8. The van der Waals surface area contributed by atoms with Crippen LogP contribution in [-0.4, -0.2) is 27.6 Å². The summed E-state index contributed by atoms with van der Waals surface area (Å²) in [5.41, 5.74) is 1.59. The number of nitrogens with one attached hydrogen (secondary N) is 3. The number of benzene rings is 2. The van der Waals surface area contributed by atoms with Crippen LogP contribution in [0.5, 0.6) is 0 Å². The lowest BCUT2D eigenvalue weighted by Gasteiger charge is -2.30. The highest BCUT2D eigenvalue weighted by Crippen LogP contribution is 2.25. The van der Waals surface area contributed by atoms with Crippen LogP contribution in [0, 0.1) is 5.82 Å². The minimum atomic E-state index is -0.638. The maximum atomic E-state index is 14.1. The van der Waals surface area contributed by atoms with Gasteiger partial charge in [0.15, 0.2) is 6.29 Å². The molecule has 4 rings (SSSR count). The van der Waals surface area contributed by atoms with Crippen molar-refractivity contribution in [3.8, 4) is 11.3 Å². The SMILES string of the molecule is CC1CC(=O)NC(n2nc(-c3ccccc3)cc2NC(=O)Cc2c(F)cccc2Cl)N1. The number of nitrogens with zero attached hydrogens (tertiary/aromatic N) is 2. The number of anilines is 1. The first-order valence-electron chi connectivity index (χ1n) is 9.84. The fourth-order valence-electron chi connectivity index (χ4n) is 3.47. The van der Waals surface area contributed by atoms with E-state index in [1.165, 1.54) is 22.9 Å². The molecule has 160 valence electrons. The second kappa shape index (κ2) is 8.87. The van der Waals surface area contributed by atoms with Gasteiger partial charge in [0, 0.05) is 34.7 Å². The first-order chi connectivity index (χ1) is 14.9. The van der Waals surface area contributed by atoms with Crippen molar-refractivity contribution in [3.63, 3.8) is 0 Å². The highest BCUT2D eigenvalue weighted by molar-refractivity contribution is 6.31. The lowest BCUT2D eigenvalue weighted by molar-refractivity contribution is -0.125. The van der Waals surface area contributed by atoms with Crippen molar-refractivity contribution >= 4 is 29.2 Å². The molecule has 0 bridgehead atoms. The smallest absolute Gasteiger partial charge is 0.230 e. The van der Waals surface area contributed by atoms with E-state index < -0.39 is 18.0 Å². The van der Waals surface area contributed by atoms with Gasteiger partial charge in [0.25, 0.3) is 0 Å². The second-order valence-electron chi connectivity index (χ2n) is 7.39. The largest absolute Gasteiger partial charge is 0.322 e. The average Bonchev–Trinajstić information content (AvgIpc) is 3.14. The number of aromatic nitrogens is 2. The zero-order chi connectivity index (χ0) is 22.0. The Morgan fingerprint density at radius 2 is 2.03 bits per heavy atom. The summed E-state index contributed by atoms with van der Waals surface area (Å²) < 4.78 is 15.6. The van der Waals surface area contributed by atoms with E-state index in [4.69, 9.17) is 11.6 Å². The molecule has 7 nitrogen and oxygen atoms in total. The predicted molar refractivity (Wildman–Crippen MR) is 116 cm³/mol. The number of hydrogen-bond acceptors (Lipinski definition) is 4. The van der Waals surface area contributed by atoms with Crippen molar-refractivity contribution in [1.82, 2.24) is 20.4 Å². The standard InChI is InChI=1S/C22H21ClFN5O2/c1-13-10-20(30)27-22(25-13)29-19(12-18(28-29)14-6-3-2-4-7-14)26-21(31)11-15-16(23)8-5-9-17(15)24/h2-9,12-13,22,25H,10-11H2,1H3,(H,26,31)(H,27,30). The molecule has 1 aliphatic heterocycles. The fraction of sp³-hybridized carbons (Fsp3) is 0.227. The average molecular weight is 442 g/mol. The molecule has 2 atom stereocenters. The highest BCUT2D eigenvalue weighted by atomic mass is 35.5. The van der Waals surface area contributed by atoms with Crippen molar-refractivity contribution < 1.29 is 14.0 Å². The molecule has 9 heteroatoms. The van der Waals surface area contributed by atoms with Crippen LogP contribution in [0.3, 0.4) is 0 Å². The van der Waals surface area contributed by atoms with E-state index in [1.807, 2.05) is 37.3 Å². The second-order valence-corrected chi connectivity index (χ2v) is 7.80. The van der Waals surface area contributed by atoms with Gasteiger partial charge in [0.05, 0.1) is 12.1 Å². The molecule has 1 aromatic heterocycles. The third kappa shape index (κ3) is 4.76. The first kappa shape index (κ1) is 21.0. The van der Waals surface area contributed by atoms with Crippen LogP contribution in [0.4, 0.5) is 10.2 Å². The molecule has 0 radical (unpaired) electrons. The van der Waals surface area contributed by atoms with Crippen LogP contribution < -0.4 is 16.0 Å². The first-order valence-corrected chi connectivity index (χ1v) is 10.2. The van der Waals surface area contributed by atoms with Gasteiger partial charge in [-0.3, -0.25) is 14.9 Å². The van der Waals surface area contributed by atoms with E-state index in [0.29, 0.717) is 17.9 Å². The van der Waals surface area contributed by atoms with Gasteiger partial charge in [-0.2, -0.15) is 5.10 Å². The number of amides is 2. The Balaban J connectivity index is 1.64. The van der Waals surface area contributed by atoms with Crippen molar-refractivity contribution in [1.29, 1.82) is 0 Å². The normalized spacial score (nSPS) is 18.5. The van der Waals surface area contributed by atoms with Crippen LogP contribution in [0.15, 0.2) is 54.6 Å². The van der Waals surface area contributed by atoms with Gasteiger partial charge in [0.1, 0.15) is 11.6 Å². The minimum Gasteiger partial charge on any atom is -0.322 e. The van der Waals surface area contributed by atoms with Crippen molar-refractivity contribution in [3.05, 3.63) is 71.0 Å². The van der Waals surface area contributed by atoms with Gasteiger partial charge in [-0.05, 0) is 19.1 Å². The van der Waals surface area contributed by atoms with Crippen LogP contribution in [-0.2, 0) is 16.0 Å². The van der Waals surface area contributed by atoms with Crippen LogP contribution in [0.25, 0.3) is 11.3 Å². The topological polar surface area (TPSA) is 88.1 Å². The molecule has 2 heterocycles. The monoisotopic (exact) mass is 441 g/mol. The Kier molecular flexibility index (Phi) is 6.01. The van der Waals surface area contributed by atoms with E-state index in [0.717, 1.165) is 5.56 Å². The zero-order valence-electron chi connectivity index (χ0n) is 16.7. The number of carbonyl (C=O) groups excluding carboxylic acids is 2. The summed E-state index contributed by atoms with van der Waals surface area (Å²) in [6.45, 7) is 1.89.